The van der Waals surface area contributed by atoms with Crippen molar-refractivity contribution >= 4 is 40.5 Å². The Morgan fingerprint density at radius 3 is 1.22 bits per heavy atom. The fourth-order valence-electron chi connectivity index (χ4n) is 1.71. The van der Waals surface area contributed by atoms with Crippen LogP contribution in [0.4, 0.5) is 0 Å². The van der Waals surface area contributed by atoms with Gasteiger partial charge in [0.15, 0.2) is 0 Å². The average Bonchev–Trinajstić information content (AvgIpc) is 2.21. The van der Waals surface area contributed by atoms with Crippen molar-refractivity contribution in [2.75, 3.05) is 0 Å². The van der Waals surface area contributed by atoms with E-state index in [0.29, 0.717) is 0 Å². The first-order valence-corrected chi connectivity index (χ1v) is 10.7. The largest absolute Gasteiger partial charge is 0.297 e. The van der Waals surface area contributed by atoms with E-state index in [2.05, 4.69) is 0 Å². The standard InChI is InChI=1S/C7H8O12S4/c1-3-2-4(20(8,9)10)6(22(14,15)16)7(23(17,18)19)5(3)21(11,12)13/h2H,1H3,(H,8,9,10)(H,11,12,13)(H,14,15,16)(H,17,18,19). The quantitative estimate of drug-likeness (QED) is 0.437. The van der Waals surface area contributed by atoms with Crippen molar-refractivity contribution in [3.05, 3.63) is 11.6 Å². The van der Waals surface area contributed by atoms with Gasteiger partial charge < -0.3 is 0 Å². The van der Waals surface area contributed by atoms with Gasteiger partial charge in [0, 0.05) is 0 Å². The second-order valence-electron chi connectivity index (χ2n) is 4.08. The molecule has 132 valence electrons. The summed E-state index contributed by atoms with van der Waals surface area (Å²) in [6, 6.07) is 0.177. The zero-order chi connectivity index (χ0) is 18.6. The molecule has 0 saturated heterocycles. The minimum atomic E-state index is -5.79. The maximum absolute atomic E-state index is 11.3. The fraction of sp³-hybridized carbons (Fsp3) is 0.143. The molecule has 12 nitrogen and oxygen atoms in total. The van der Waals surface area contributed by atoms with Gasteiger partial charge >= 0.3 is 0 Å². The fourth-order valence-corrected chi connectivity index (χ4v) is 6.59. The van der Waals surface area contributed by atoms with Crippen molar-refractivity contribution in [3.63, 3.8) is 0 Å². The second-order valence-corrected chi connectivity index (χ2v) is 9.54. The van der Waals surface area contributed by atoms with E-state index in [4.69, 9.17) is 18.2 Å². The van der Waals surface area contributed by atoms with Gasteiger partial charge in [0.05, 0.1) is 0 Å². The Labute approximate surface area is 130 Å². The van der Waals surface area contributed by atoms with Gasteiger partial charge in [0.25, 0.3) is 40.5 Å². The number of hydrogen-bond acceptors (Lipinski definition) is 8. The summed E-state index contributed by atoms with van der Waals surface area (Å²) in [6.07, 6.45) is 0. The van der Waals surface area contributed by atoms with Crippen LogP contribution in [0.15, 0.2) is 25.6 Å². The molecule has 1 rings (SSSR count). The molecule has 0 fully saturated rings. The highest BCUT2D eigenvalue weighted by Crippen LogP contribution is 2.36. The van der Waals surface area contributed by atoms with E-state index in [1.54, 1.807) is 0 Å². The third kappa shape index (κ3) is 4.04. The Morgan fingerprint density at radius 2 is 0.957 bits per heavy atom. The Hall–Kier alpha value is -1.14. The molecule has 1 aromatic carbocycles. The lowest BCUT2D eigenvalue weighted by Crippen LogP contribution is -2.19. The zero-order valence-electron chi connectivity index (χ0n) is 10.8. The van der Waals surface area contributed by atoms with Crippen LogP contribution in [0.5, 0.6) is 0 Å². The molecule has 4 N–H and O–H groups in total. The van der Waals surface area contributed by atoms with Gasteiger partial charge in [-0.15, -0.1) is 0 Å². The van der Waals surface area contributed by atoms with Gasteiger partial charge in [-0.2, -0.15) is 33.7 Å². The summed E-state index contributed by atoms with van der Waals surface area (Å²) in [4.78, 5) is -7.63. The maximum Gasteiger partial charge on any atom is 0.297 e. The lowest BCUT2D eigenvalue weighted by atomic mass is 10.2. The molecule has 0 aliphatic rings. The van der Waals surface area contributed by atoms with E-state index in [1.807, 2.05) is 0 Å². The molecular formula is C7H8O12S4. The smallest absolute Gasteiger partial charge is 0.282 e. The van der Waals surface area contributed by atoms with Crippen LogP contribution in [0, 0.1) is 6.92 Å². The van der Waals surface area contributed by atoms with Crippen LogP contribution < -0.4 is 0 Å². The number of hydrogen-bond donors (Lipinski definition) is 4. The molecule has 0 aliphatic heterocycles. The molecule has 0 heterocycles. The van der Waals surface area contributed by atoms with Crippen LogP contribution in [-0.2, 0) is 40.5 Å². The minimum absolute atomic E-state index is 0.177. The first kappa shape index (κ1) is 19.9. The lowest BCUT2D eigenvalue weighted by molar-refractivity contribution is 0.446. The van der Waals surface area contributed by atoms with E-state index in [9.17, 15) is 33.7 Å². The van der Waals surface area contributed by atoms with Gasteiger partial charge in [0.2, 0.25) is 0 Å². The zero-order valence-corrected chi connectivity index (χ0v) is 14.0. The average molecular weight is 412 g/mol. The van der Waals surface area contributed by atoms with Crippen LogP contribution in [0.1, 0.15) is 5.56 Å². The lowest BCUT2D eigenvalue weighted by Gasteiger charge is -2.14. The van der Waals surface area contributed by atoms with Gasteiger partial charge in [-0.3, -0.25) is 18.2 Å². The molecule has 0 bridgehead atoms. The highest BCUT2D eigenvalue weighted by Gasteiger charge is 2.39. The highest BCUT2D eigenvalue weighted by atomic mass is 32.2. The van der Waals surface area contributed by atoms with E-state index in [1.165, 1.54) is 0 Å². The summed E-state index contributed by atoms with van der Waals surface area (Å²) in [7, 11) is -22.5. The number of rotatable bonds is 4. The van der Waals surface area contributed by atoms with Crippen molar-refractivity contribution in [2.45, 2.75) is 26.5 Å². The summed E-state index contributed by atoms with van der Waals surface area (Å²) < 4.78 is 126. The monoisotopic (exact) mass is 412 g/mol. The van der Waals surface area contributed by atoms with Crippen molar-refractivity contribution in [2.24, 2.45) is 0 Å². The first-order chi connectivity index (χ1) is 9.88. The first-order valence-electron chi connectivity index (χ1n) is 4.96. The Kier molecular flexibility index (Phi) is 4.72. The van der Waals surface area contributed by atoms with Gasteiger partial charge in [0.1, 0.15) is 19.6 Å². The summed E-state index contributed by atoms with van der Waals surface area (Å²) in [5.41, 5.74) is -0.847. The molecule has 0 radical (unpaired) electrons. The molecule has 16 heteroatoms. The van der Waals surface area contributed by atoms with Crippen LogP contribution in [-0.4, -0.2) is 51.9 Å². The van der Waals surface area contributed by atoms with Gasteiger partial charge in [-0.25, -0.2) is 0 Å². The third-order valence-corrected chi connectivity index (χ3v) is 6.57. The predicted octanol–water partition coefficient (Wildman–Crippen LogP) is -1.02. The van der Waals surface area contributed by atoms with E-state index >= 15 is 0 Å². The molecule has 0 aromatic heterocycles. The Morgan fingerprint density at radius 1 is 0.609 bits per heavy atom. The summed E-state index contributed by atoms with van der Waals surface area (Å²) in [5, 5.41) is 0. The van der Waals surface area contributed by atoms with E-state index in [-0.39, 0.29) is 6.07 Å². The molecule has 0 unspecified atom stereocenters. The topological polar surface area (TPSA) is 217 Å². The van der Waals surface area contributed by atoms with Crippen molar-refractivity contribution in [3.8, 4) is 0 Å². The SMILES string of the molecule is Cc1cc(S(=O)(=O)O)c(S(=O)(=O)O)c(S(=O)(=O)O)c1S(=O)(=O)O. The summed E-state index contributed by atoms with van der Waals surface area (Å²) >= 11 is 0. The molecule has 1 aromatic rings. The molecule has 0 saturated carbocycles. The highest BCUT2D eigenvalue weighted by molar-refractivity contribution is 7.91. The summed E-state index contributed by atoms with van der Waals surface area (Å²) in [5.74, 6) is 0. The van der Waals surface area contributed by atoms with Crippen LogP contribution in [0.25, 0.3) is 0 Å². The maximum atomic E-state index is 11.3. The normalized spacial score (nSPS) is 14.0. The molecule has 0 atom stereocenters. The van der Waals surface area contributed by atoms with Crippen molar-refractivity contribution < 1.29 is 51.9 Å². The molecule has 0 amide bonds. The second kappa shape index (κ2) is 5.45. The Bertz CT molecular complexity index is 1090. The van der Waals surface area contributed by atoms with Crippen molar-refractivity contribution in [1.82, 2.24) is 0 Å². The van der Waals surface area contributed by atoms with Gasteiger partial charge in [-0.05, 0) is 18.6 Å². The van der Waals surface area contributed by atoms with Crippen molar-refractivity contribution in [1.29, 1.82) is 0 Å². The Balaban J connectivity index is 4.56. The number of benzene rings is 1. The summed E-state index contributed by atoms with van der Waals surface area (Å²) in [6.45, 7) is 0.736. The molecular weight excluding hydrogens is 404 g/mol. The third-order valence-electron chi connectivity index (χ3n) is 2.39. The van der Waals surface area contributed by atoms with Crippen LogP contribution in [0.3, 0.4) is 0 Å². The molecule has 0 spiro atoms. The predicted molar refractivity (Wildman–Crippen MR) is 70.4 cm³/mol. The minimum Gasteiger partial charge on any atom is -0.282 e. The van der Waals surface area contributed by atoms with Gasteiger partial charge in [-0.1, -0.05) is 0 Å². The van der Waals surface area contributed by atoms with Crippen LogP contribution >= 0.6 is 0 Å². The van der Waals surface area contributed by atoms with Crippen LogP contribution in [0.2, 0.25) is 0 Å². The molecule has 0 aliphatic carbocycles. The number of aryl methyl sites for hydroxylation is 1. The molecule has 23 heavy (non-hydrogen) atoms. The van der Waals surface area contributed by atoms with E-state index in [0.717, 1.165) is 6.92 Å². The van der Waals surface area contributed by atoms with E-state index < -0.39 is 65.6 Å².